The summed E-state index contributed by atoms with van der Waals surface area (Å²) in [6.45, 7) is 5.17. The van der Waals surface area contributed by atoms with Crippen LogP contribution in [0, 0.1) is 5.41 Å². The molecule has 1 aliphatic rings. The van der Waals surface area contributed by atoms with Crippen LogP contribution < -0.4 is 15.4 Å². The Balaban J connectivity index is 0.00000288. The molecule has 0 atom stereocenters. The summed E-state index contributed by atoms with van der Waals surface area (Å²) in [5.74, 6) is 1.77. The quantitative estimate of drug-likeness (QED) is 0.375. The molecular formula is C18H30IN3O2. The van der Waals surface area contributed by atoms with E-state index >= 15 is 0 Å². The average Bonchev–Trinajstić information content (AvgIpc) is 2.54. The van der Waals surface area contributed by atoms with Crippen LogP contribution >= 0.6 is 24.0 Å². The molecule has 5 nitrogen and oxygen atoms in total. The Morgan fingerprint density at radius 3 is 2.58 bits per heavy atom. The van der Waals surface area contributed by atoms with Crippen molar-refractivity contribution in [2.75, 3.05) is 14.2 Å². The van der Waals surface area contributed by atoms with Gasteiger partial charge in [-0.05, 0) is 49.3 Å². The Bertz CT molecular complexity index is 551. The van der Waals surface area contributed by atoms with Crippen molar-refractivity contribution in [2.45, 2.75) is 52.1 Å². The Hall–Kier alpha value is -1.18. The molecule has 0 aromatic heterocycles. The number of methoxy groups -OCH3 is 1. The van der Waals surface area contributed by atoms with Gasteiger partial charge in [0.05, 0.1) is 7.11 Å². The molecule has 1 saturated carbocycles. The first-order valence-electron chi connectivity index (χ1n) is 8.26. The van der Waals surface area contributed by atoms with Gasteiger partial charge in [-0.1, -0.05) is 13.8 Å². The first-order chi connectivity index (χ1) is 10.9. The summed E-state index contributed by atoms with van der Waals surface area (Å²) in [6, 6.07) is 5.69. The lowest BCUT2D eigenvalue weighted by molar-refractivity contribution is 0.216. The summed E-state index contributed by atoms with van der Waals surface area (Å²) >= 11 is 0. The molecule has 1 fully saturated rings. The molecule has 1 aromatic rings. The normalized spacial score (nSPS) is 17.8. The first-order valence-corrected chi connectivity index (χ1v) is 8.26. The lowest BCUT2D eigenvalue weighted by Crippen LogP contribution is -2.45. The van der Waals surface area contributed by atoms with Gasteiger partial charge in [-0.2, -0.15) is 0 Å². The van der Waals surface area contributed by atoms with Crippen LogP contribution in [-0.4, -0.2) is 31.3 Å². The summed E-state index contributed by atoms with van der Waals surface area (Å²) < 4.78 is 5.20. The number of phenolic OH excluding ortho intramolecular Hbond substituents is 1. The third-order valence-electron chi connectivity index (χ3n) is 4.64. The molecule has 0 aliphatic heterocycles. The number of nitrogens with zero attached hydrogens (tertiary/aromatic N) is 1. The second kappa shape index (κ2) is 9.34. The fourth-order valence-electron chi connectivity index (χ4n) is 2.94. The molecule has 0 radical (unpaired) electrons. The molecule has 0 spiro atoms. The fraction of sp³-hybridized carbons (Fsp3) is 0.611. The van der Waals surface area contributed by atoms with E-state index < -0.39 is 0 Å². The number of benzene rings is 1. The number of aromatic hydroxyl groups is 1. The Labute approximate surface area is 162 Å². The van der Waals surface area contributed by atoms with E-state index in [9.17, 15) is 5.11 Å². The minimum absolute atomic E-state index is 0. The second-order valence-corrected chi connectivity index (χ2v) is 7.00. The van der Waals surface area contributed by atoms with Gasteiger partial charge in [0, 0.05) is 25.2 Å². The zero-order valence-corrected chi connectivity index (χ0v) is 17.4. The Morgan fingerprint density at radius 1 is 1.33 bits per heavy atom. The molecular weight excluding hydrogens is 417 g/mol. The monoisotopic (exact) mass is 447 g/mol. The number of rotatable bonds is 4. The van der Waals surface area contributed by atoms with Crippen molar-refractivity contribution in [3.05, 3.63) is 23.8 Å². The van der Waals surface area contributed by atoms with E-state index in [1.54, 1.807) is 26.3 Å². The second-order valence-electron chi connectivity index (χ2n) is 7.00. The van der Waals surface area contributed by atoms with E-state index in [0.29, 0.717) is 18.0 Å². The van der Waals surface area contributed by atoms with Gasteiger partial charge in [-0.15, -0.1) is 24.0 Å². The average molecular weight is 447 g/mol. The van der Waals surface area contributed by atoms with E-state index in [1.165, 1.54) is 12.8 Å². The van der Waals surface area contributed by atoms with Crippen molar-refractivity contribution in [1.82, 2.24) is 10.6 Å². The van der Waals surface area contributed by atoms with Gasteiger partial charge < -0.3 is 20.5 Å². The van der Waals surface area contributed by atoms with E-state index in [4.69, 9.17) is 4.74 Å². The van der Waals surface area contributed by atoms with E-state index in [0.717, 1.165) is 30.1 Å². The number of hydrogen-bond donors (Lipinski definition) is 3. The maximum atomic E-state index is 9.94. The predicted molar refractivity (Wildman–Crippen MR) is 109 cm³/mol. The van der Waals surface area contributed by atoms with Crippen LogP contribution in [-0.2, 0) is 6.54 Å². The summed E-state index contributed by atoms with van der Waals surface area (Å²) in [5.41, 5.74) is 1.25. The maximum Gasteiger partial charge on any atom is 0.191 e. The minimum atomic E-state index is 0. The van der Waals surface area contributed by atoms with Crippen molar-refractivity contribution >= 4 is 29.9 Å². The Kier molecular flexibility index (Phi) is 8.12. The summed E-state index contributed by atoms with van der Waals surface area (Å²) in [5, 5.41) is 16.7. The number of phenols is 1. The molecule has 0 saturated heterocycles. The largest absolute Gasteiger partial charge is 0.508 e. The van der Waals surface area contributed by atoms with Crippen molar-refractivity contribution in [3.63, 3.8) is 0 Å². The van der Waals surface area contributed by atoms with Gasteiger partial charge in [-0.3, -0.25) is 4.99 Å². The molecule has 0 unspecified atom stereocenters. The molecule has 1 aromatic carbocycles. The number of hydrogen-bond acceptors (Lipinski definition) is 3. The van der Waals surface area contributed by atoms with Crippen molar-refractivity contribution in [1.29, 1.82) is 0 Å². The van der Waals surface area contributed by atoms with Crippen LogP contribution in [0.25, 0.3) is 0 Å². The summed E-state index contributed by atoms with van der Waals surface area (Å²) in [6.07, 6.45) is 4.80. The van der Waals surface area contributed by atoms with E-state index in [2.05, 4.69) is 29.5 Å². The zero-order chi connectivity index (χ0) is 16.9. The van der Waals surface area contributed by atoms with Gasteiger partial charge in [-0.25, -0.2) is 0 Å². The van der Waals surface area contributed by atoms with Crippen molar-refractivity contribution in [2.24, 2.45) is 10.4 Å². The third kappa shape index (κ3) is 6.03. The lowest BCUT2D eigenvalue weighted by Gasteiger charge is -2.35. The third-order valence-corrected chi connectivity index (χ3v) is 4.64. The summed E-state index contributed by atoms with van der Waals surface area (Å²) in [7, 11) is 3.39. The molecule has 24 heavy (non-hydrogen) atoms. The number of nitrogens with one attached hydrogen (secondary N) is 2. The molecule has 2 rings (SSSR count). The highest BCUT2D eigenvalue weighted by Crippen LogP contribution is 2.34. The highest BCUT2D eigenvalue weighted by Gasteiger charge is 2.27. The molecule has 0 amide bonds. The zero-order valence-electron chi connectivity index (χ0n) is 15.1. The molecule has 1 aliphatic carbocycles. The van der Waals surface area contributed by atoms with E-state index in [-0.39, 0.29) is 29.7 Å². The van der Waals surface area contributed by atoms with Crippen molar-refractivity contribution in [3.8, 4) is 11.5 Å². The van der Waals surface area contributed by atoms with Crippen LogP contribution in [0.4, 0.5) is 0 Å². The molecule has 0 heterocycles. The highest BCUT2D eigenvalue weighted by molar-refractivity contribution is 14.0. The van der Waals surface area contributed by atoms with Crippen LogP contribution in [0.3, 0.4) is 0 Å². The van der Waals surface area contributed by atoms with Crippen molar-refractivity contribution < 1.29 is 9.84 Å². The van der Waals surface area contributed by atoms with Gasteiger partial charge in [0.25, 0.3) is 0 Å². The number of aliphatic imine (C=N–C) groups is 1. The van der Waals surface area contributed by atoms with Crippen LogP contribution in [0.5, 0.6) is 11.5 Å². The minimum Gasteiger partial charge on any atom is -0.508 e. The van der Waals surface area contributed by atoms with Gasteiger partial charge in [0.2, 0.25) is 0 Å². The predicted octanol–water partition coefficient (Wildman–Crippen LogP) is 3.65. The van der Waals surface area contributed by atoms with Gasteiger partial charge in [0.15, 0.2) is 5.96 Å². The first kappa shape index (κ1) is 20.9. The molecule has 0 bridgehead atoms. The van der Waals surface area contributed by atoms with Crippen LogP contribution in [0.1, 0.15) is 45.1 Å². The number of halogens is 1. The Morgan fingerprint density at radius 2 is 2.00 bits per heavy atom. The standard InChI is InChI=1S/C18H29N3O2.HI/c1-18(2)9-7-14(8-10-18)21-17(19-3)20-12-13-11-15(23-4)5-6-16(13)22;/h5-6,11,14,22H,7-10,12H2,1-4H3,(H2,19,20,21);1H. The topological polar surface area (TPSA) is 65.9 Å². The van der Waals surface area contributed by atoms with E-state index in [1.807, 2.05) is 6.07 Å². The van der Waals surface area contributed by atoms with Crippen LogP contribution in [0.15, 0.2) is 23.2 Å². The lowest BCUT2D eigenvalue weighted by atomic mass is 9.75. The fourth-order valence-corrected chi connectivity index (χ4v) is 2.94. The van der Waals surface area contributed by atoms with Gasteiger partial charge in [0.1, 0.15) is 11.5 Å². The molecule has 136 valence electrons. The smallest absolute Gasteiger partial charge is 0.191 e. The SMILES string of the molecule is CN=C(NCc1cc(OC)ccc1O)NC1CCC(C)(C)CC1.I. The molecule has 6 heteroatoms. The van der Waals surface area contributed by atoms with Gasteiger partial charge >= 0.3 is 0 Å². The maximum absolute atomic E-state index is 9.94. The van der Waals surface area contributed by atoms with Crippen LogP contribution in [0.2, 0.25) is 0 Å². The number of ether oxygens (including phenoxy) is 1. The summed E-state index contributed by atoms with van der Waals surface area (Å²) in [4.78, 5) is 4.29. The number of guanidine groups is 1. The highest BCUT2D eigenvalue weighted by atomic mass is 127. The molecule has 3 N–H and O–H groups in total.